The van der Waals surface area contributed by atoms with Crippen LogP contribution in [0.25, 0.3) is 0 Å². The molecule has 1 unspecified atom stereocenters. The van der Waals surface area contributed by atoms with Crippen molar-refractivity contribution >= 4 is 17.8 Å². The minimum Gasteiger partial charge on any atom is -0.411 e. The molecule has 1 saturated carbocycles. The average Bonchev–Trinajstić information content (AvgIpc) is 2.48. The predicted molar refractivity (Wildman–Crippen MR) is 88.2 cm³/mol. The Morgan fingerprint density at radius 2 is 1.86 bits per heavy atom. The SMILES string of the molecule is CN(C)C(c1ccc(Cl)cc1)C1CCC(C/C=N/O)CC1. The zero-order valence-electron chi connectivity index (χ0n) is 12.9. The van der Waals surface area contributed by atoms with Crippen molar-refractivity contribution in [3.63, 3.8) is 0 Å². The molecular weight excluding hydrogens is 284 g/mol. The molecule has 0 saturated heterocycles. The molecule has 2 rings (SSSR count). The van der Waals surface area contributed by atoms with Crippen LogP contribution in [0, 0.1) is 11.8 Å². The van der Waals surface area contributed by atoms with Crippen LogP contribution >= 0.6 is 11.6 Å². The number of rotatable bonds is 5. The Bertz CT molecular complexity index is 450. The maximum Gasteiger partial charge on any atom is 0.0438 e. The first-order chi connectivity index (χ1) is 10.1. The molecule has 3 nitrogen and oxygen atoms in total. The molecular formula is C17H25ClN2O. The van der Waals surface area contributed by atoms with Gasteiger partial charge in [0.2, 0.25) is 0 Å². The summed E-state index contributed by atoms with van der Waals surface area (Å²) in [5, 5.41) is 12.4. The molecule has 0 bridgehead atoms. The number of hydrogen-bond acceptors (Lipinski definition) is 3. The van der Waals surface area contributed by atoms with Crippen molar-refractivity contribution < 1.29 is 5.21 Å². The van der Waals surface area contributed by atoms with Gasteiger partial charge in [-0.3, -0.25) is 0 Å². The van der Waals surface area contributed by atoms with Gasteiger partial charge >= 0.3 is 0 Å². The summed E-state index contributed by atoms with van der Waals surface area (Å²) >= 11 is 6.00. The molecule has 0 radical (unpaired) electrons. The highest BCUT2D eigenvalue weighted by molar-refractivity contribution is 6.30. The second-order valence-electron chi connectivity index (χ2n) is 6.27. The fraction of sp³-hybridized carbons (Fsp3) is 0.588. The number of oxime groups is 1. The van der Waals surface area contributed by atoms with Gasteiger partial charge in [-0.2, -0.15) is 0 Å². The van der Waals surface area contributed by atoms with Gasteiger partial charge in [-0.1, -0.05) is 23.7 Å². The Kier molecular flexibility index (Phi) is 6.07. The van der Waals surface area contributed by atoms with Crippen LogP contribution in [0.4, 0.5) is 0 Å². The van der Waals surface area contributed by atoms with Crippen LogP contribution in [-0.4, -0.2) is 30.4 Å². The molecule has 1 N–H and O–H groups in total. The average molecular weight is 309 g/mol. The molecule has 0 amide bonds. The lowest BCUT2D eigenvalue weighted by atomic mass is 9.75. The molecule has 1 aliphatic carbocycles. The third-order valence-electron chi connectivity index (χ3n) is 4.63. The Labute approximate surface area is 132 Å². The summed E-state index contributed by atoms with van der Waals surface area (Å²) in [4.78, 5) is 2.32. The number of hydrogen-bond donors (Lipinski definition) is 1. The van der Waals surface area contributed by atoms with Gasteiger partial charge in [0.1, 0.15) is 0 Å². The highest BCUT2D eigenvalue weighted by Crippen LogP contribution is 2.40. The van der Waals surface area contributed by atoms with Gasteiger partial charge in [0.15, 0.2) is 0 Å². The zero-order valence-corrected chi connectivity index (χ0v) is 13.6. The van der Waals surface area contributed by atoms with E-state index in [1.807, 2.05) is 12.1 Å². The molecule has 0 spiro atoms. The molecule has 1 fully saturated rings. The Hall–Kier alpha value is -1.06. The standard InChI is InChI=1S/C17H25ClN2O/c1-20(2)17(15-7-9-16(18)10-8-15)14-5-3-13(4-6-14)11-12-19-21/h7-10,12-14,17,21H,3-6,11H2,1-2H3/b19-12+. The summed E-state index contributed by atoms with van der Waals surface area (Å²) in [7, 11) is 4.31. The summed E-state index contributed by atoms with van der Waals surface area (Å²) in [6, 6.07) is 8.72. The normalized spacial score (nSPS) is 24.6. The predicted octanol–water partition coefficient (Wildman–Crippen LogP) is 4.60. The lowest BCUT2D eigenvalue weighted by molar-refractivity contribution is 0.151. The highest BCUT2D eigenvalue weighted by Gasteiger charge is 2.29. The summed E-state index contributed by atoms with van der Waals surface area (Å²) in [6.45, 7) is 0. The molecule has 0 aliphatic heterocycles. The van der Waals surface area contributed by atoms with Crippen LogP contribution in [0.2, 0.25) is 5.02 Å². The molecule has 1 atom stereocenters. The molecule has 0 aromatic heterocycles. The van der Waals surface area contributed by atoms with E-state index in [0.717, 1.165) is 11.4 Å². The molecule has 4 heteroatoms. The zero-order chi connectivity index (χ0) is 15.2. The van der Waals surface area contributed by atoms with Crippen LogP contribution in [0.1, 0.15) is 43.7 Å². The maximum absolute atomic E-state index is 8.53. The minimum absolute atomic E-state index is 0.453. The molecule has 1 aromatic rings. The fourth-order valence-electron chi connectivity index (χ4n) is 3.59. The molecule has 116 valence electrons. The summed E-state index contributed by atoms with van der Waals surface area (Å²) < 4.78 is 0. The first kappa shape index (κ1) is 16.3. The van der Waals surface area contributed by atoms with Crippen LogP contribution in [0.3, 0.4) is 0 Å². The van der Waals surface area contributed by atoms with E-state index in [1.54, 1.807) is 6.21 Å². The van der Waals surface area contributed by atoms with Gasteiger partial charge in [0, 0.05) is 17.3 Å². The van der Waals surface area contributed by atoms with Crippen LogP contribution in [-0.2, 0) is 0 Å². The fourth-order valence-corrected chi connectivity index (χ4v) is 3.71. The third kappa shape index (κ3) is 4.45. The van der Waals surface area contributed by atoms with Crippen molar-refractivity contribution in [2.45, 2.75) is 38.1 Å². The van der Waals surface area contributed by atoms with Gasteiger partial charge in [-0.05, 0) is 75.7 Å². The van der Waals surface area contributed by atoms with Crippen LogP contribution in [0.5, 0.6) is 0 Å². The number of benzene rings is 1. The Morgan fingerprint density at radius 3 is 2.38 bits per heavy atom. The van der Waals surface area contributed by atoms with Crippen molar-refractivity contribution in [2.75, 3.05) is 14.1 Å². The van der Waals surface area contributed by atoms with E-state index >= 15 is 0 Å². The van der Waals surface area contributed by atoms with E-state index in [2.05, 4.69) is 36.3 Å². The maximum atomic E-state index is 8.53. The van der Waals surface area contributed by atoms with Crippen molar-refractivity contribution in [1.29, 1.82) is 0 Å². The van der Waals surface area contributed by atoms with Crippen molar-refractivity contribution in [2.24, 2.45) is 17.0 Å². The van der Waals surface area contributed by atoms with Crippen molar-refractivity contribution in [3.8, 4) is 0 Å². The van der Waals surface area contributed by atoms with E-state index in [-0.39, 0.29) is 0 Å². The lowest BCUT2D eigenvalue weighted by Crippen LogP contribution is -2.30. The quantitative estimate of drug-likeness (QED) is 0.490. The smallest absolute Gasteiger partial charge is 0.0438 e. The highest BCUT2D eigenvalue weighted by atomic mass is 35.5. The molecule has 0 heterocycles. The first-order valence-electron chi connectivity index (χ1n) is 7.69. The summed E-state index contributed by atoms with van der Waals surface area (Å²) in [6.07, 6.45) is 7.43. The first-order valence-corrected chi connectivity index (χ1v) is 8.07. The van der Waals surface area contributed by atoms with Crippen molar-refractivity contribution in [1.82, 2.24) is 4.90 Å². The van der Waals surface area contributed by atoms with E-state index in [1.165, 1.54) is 31.2 Å². The molecule has 1 aromatic carbocycles. The van der Waals surface area contributed by atoms with Gasteiger partial charge < -0.3 is 10.1 Å². The largest absolute Gasteiger partial charge is 0.411 e. The molecule has 1 aliphatic rings. The van der Waals surface area contributed by atoms with Crippen molar-refractivity contribution in [3.05, 3.63) is 34.9 Å². The summed E-state index contributed by atoms with van der Waals surface area (Å²) in [5.74, 6) is 1.36. The van der Waals surface area contributed by atoms with Crippen LogP contribution in [0.15, 0.2) is 29.4 Å². The molecule has 21 heavy (non-hydrogen) atoms. The number of nitrogens with zero attached hydrogens (tertiary/aromatic N) is 2. The minimum atomic E-state index is 0.453. The monoisotopic (exact) mass is 308 g/mol. The Balaban J connectivity index is 2.02. The summed E-state index contributed by atoms with van der Waals surface area (Å²) in [5.41, 5.74) is 1.35. The topological polar surface area (TPSA) is 35.8 Å². The second kappa shape index (κ2) is 7.81. The number of halogens is 1. The lowest BCUT2D eigenvalue weighted by Gasteiger charge is -2.37. The van der Waals surface area contributed by atoms with Gasteiger partial charge in [0.25, 0.3) is 0 Å². The third-order valence-corrected chi connectivity index (χ3v) is 4.88. The van der Waals surface area contributed by atoms with E-state index in [4.69, 9.17) is 16.8 Å². The van der Waals surface area contributed by atoms with Gasteiger partial charge in [-0.25, -0.2) is 0 Å². The van der Waals surface area contributed by atoms with Gasteiger partial charge in [-0.15, -0.1) is 5.16 Å². The Morgan fingerprint density at radius 1 is 1.24 bits per heavy atom. The second-order valence-corrected chi connectivity index (χ2v) is 6.71. The van der Waals surface area contributed by atoms with Crippen LogP contribution < -0.4 is 0 Å². The van der Waals surface area contributed by atoms with E-state index < -0.39 is 0 Å². The van der Waals surface area contributed by atoms with Gasteiger partial charge in [0.05, 0.1) is 0 Å². The van der Waals surface area contributed by atoms with E-state index in [0.29, 0.717) is 17.9 Å². The van der Waals surface area contributed by atoms with E-state index in [9.17, 15) is 0 Å².